The Kier molecular flexibility index (Phi) is 4.19. The van der Waals surface area contributed by atoms with Crippen LogP contribution < -0.4 is 0 Å². The van der Waals surface area contributed by atoms with Gasteiger partial charge in [-0.15, -0.1) is 0 Å². The van der Waals surface area contributed by atoms with Crippen LogP contribution >= 0.6 is 0 Å². The number of hydrogen-bond acceptors (Lipinski definition) is 6. The third kappa shape index (κ3) is 3.25. The first kappa shape index (κ1) is 16.1. The molecule has 0 bridgehead atoms. The van der Waals surface area contributed by atoms with Gasteiger partial charge in [0, 0.05) is 42.8 Å². The molecule has 3 aromatic rings. The highest BCUT2D eigenvalue weighted by Crippen LogP contribution is 2.22. The first-order valence-electron chi connectivity index (χ1n) is 8.53. The zero-order valence-electron chi connectivity index (χ0n) is 14.8. The second-order valence-corrected chi connectivity index (χ2v) is 6.62. The minimum atomic E-state index is -0.0416. The molecule has 1 atom stereocenters. The quantitative estimate of drug-likeness (QED) is 0.728. The number of fused-ring (bicyclic) bond motifs is 1. The Morgan fingerprint density at radius 3 is 2.80 bits per heavy atom. The summed E-state index contributed by atoms with van der Waals surface area (Å²) in [6.07, 6.45) is 5.48. The van der Waals surface area contributed by atoms with E-state index in [4.69, 9.17) is 4.74 Å². The van der Waals surface area contributed by atoms with Gasteiger partial charge in [-0.2, -0.15) is 5.10 Å². The highest BCUT2D eigenvalue weighted by atomic mass is 16.5. The van der Waals surface area contributed by atoms with Gasteiger partial charge in [0.25, 0.3) is 0 Å². The van der Waals surface area contributed by atoms with E-state index in [-0.39, 0.29) is 6.10 Å². The molecule has 1 aliphatic heterocycles. The summed E-state index contributed by atoms with van der Waals surface area (Å²) in [5.74, 6) is 0. The lowest BCUT2D eigenvalue weighted by molar-refractivity contribution is -0.0350. The molecule has 7 heteroatoms. The fraction of sp³-hybridized carbons (Fsp3) is 0.444. The van der Waals surface area contributed by atoms with E-state index < -0.39 is 0 Å². The average Bonchev–Trinajstić information content (AvgIpc) is 2.99. The van der Waals surface area contributed by atoms with Crippen molar-refractivity contribution < 1.29 is 4.74 Å². The summed E-state index contributed by atoms with van der Waals surface area (Å²) in [5, 5.41) is 4.49. The highest BCUT2D eigenvalue weighted by molar-refractivity contribution is 5.47. The van der Waals surface area contributed by atoms with Crippen molar-refractivity contribution in [1.29, 1.82) is 0 Å². The van der Waals surface area contributed by atoms with E-state index in [9.17, 15) is 0 Å². The summed E-state index contributed by atoms with van der Waals surface area (Å²) in [6.45, 7) is 9.18. The summed E-state index contributed by atoms with van der Waals surface area (Å²) >= 11 is 0. The van der Waals surface area contributed by atoms with E-state index in [1.807, 2.05) is 36.8 Å². The lowest BCUT2D eigenvalue weighted by Crippen LogP contribution is -2.38. The van der Waals surface area contributed by atoms with Gasteiger partial charge in [-0.3, -0.25) is 14.9 Å². The molecule has 0 aromatic carbocycles. The molecular formula is C18H22N6O. The Morgan fingerprint density at radius 1 is 1.12 bits per heavy atom. The molecule has 130 valence electrons. The maximum absolute atomic E-state index is 5.90. The second kappa shape index (κ2) is 6.50. The van der Waals surface area contributed by atoms with Crippen LogP contribution in [0.2, 0.25) is 0 Å². The zero-order valence-corrected chi connectivity index (χ0v) is 14.8. The van der Waals surface area contributed by atoms with Gasteiger partial charge in [0.1, 0.15) is 6.10 Å². The van der Waals surface area contributed by atoms with Crippen LogP contribution in [-0.4, -0.2) is 49.2 Å². The molecule has 0 spiro atoms. The van der Waals surface area contributed by atoms with Crippen LogP contribution in [-0.2, 0) is 11.3 Å². The first-order chi connectivity index (χ1) is 12.1. The van der Waals surface area contributed by atoms with Gasteiger partial charge in [0.2, 0.25) is 0 Å². The lowest BCUT2D eigenvalue weighted by atomic mass is 10.2. The smallest absolute Gasteiger partial charge is 0.159 e. The van der Waals surface area contributed by atoms with Crippen molar-refractivity contribution in [2.24, 2.45) is 0 Å². The zero-order chi connectivity index (χ0) is 17.4. The number of aromatic nitrogens is 5. The van der Waals surface area contributed by atoms with Gasteiger partial charge >= 0.3 is 0 Å². The van der Waals surface area contributed by atoms with Gasteiger partial charge in [-0.05, 0) is 26.8 Å². The molecule has 1 fully saturated rings. The molecule has 0 aliphatic carbocycles. The minimum Gasteiger partial charge on any atom is -0.369 e. The normalized spacial score (nSPS) is 18.8. The van der Waals surface area contributed by atoms with Crippen molar-refractivity contribution in [3.8, 4) is 0 Å². The standard InChI is InChI=1S/C18H22N6O/c1-12-6-14(3)24-18(22-12)15(8-21-24)10-23-4-5-25-17(11-23)16-9-19-13(2)7-20-16/h6-9,17H,4-5,10-11H2,1-3H3/t17-/m0/s1. The molecule has 4 heterocycles. The van der Waals surface area contributed by atoms with Gasteiger partial charge in [0.05, 0.1) is 30.4 Å². The number of rotatable bonds is 3. The molecule has 0 radical (unpaired) electrons. The third-order valence-electron chi connectivity index (χ3n) is 4.53. The molecule has 1 aliphatic rings. The SMILES string of the molecule is Cc1cnc([C@@H]2CN(Cc3cnn4c(C)cc(C)nc34)CCO2)cn1. The molecule has 4 rings (SSSR count). The predicted octanol–water partition coefficient (Wildman–Crippen LogP) is 2.02. The Morgan fingerprint density at radius 2 is 2.00 bits per heavy atom. The number of aryl methyl sites for hydroxylation is 3. The third-order valence-corrected chi connectivity index (χ3v) is 4.53. The van der Waals surface area contributed by atoms with Crippen LogP contribution in [0.3, 0.4) is 0 Å². The fourth-order valence-corrected chi connectivity index (χ4v) is 3.26. The van der Waals surface area contributed by atoms with Crippen molar-refractivity contribution >= 4 is 5.65 Å². The second-order valence-electron chi connectivity index (χ2n) is 6.62. The highest BCUT2D eigenvalue weighted by Gasteiger charge is 2.24. The van der Waals surface area contributed by atoms with Crippen LogP contribution in [0.4, 0.5) is 0 Å². The van der Waals surface area contributed by atoms with Gasteiger partial charge in [0.15, 0.2) is 5.65 Å². The molecule has 3 aromatic heterocycles. The van der Waals surface area contributed by atoms with E-state index in [0.717, 1.165) is 53.6 Å². The van der Waals surface area contributed by atoms with E-state index >= 15 is 0 Å². The predicted molar refractivity (Wildman–Crippen MR) is 93.2 cm³/mol. The summed E-state index contributed by atoms with van der Waals surface area (Å²) in [4.78, 5) is 15.8. The molecular weight excluding hydrogens is 316 g/mol. The summed E-state index contributed by atoms with van der Waals surface area (Å²) in [7, 11) is 0. The van der Waals surface area contributed by atoms with Crippen LogP contribution in [0.1, 0.15) is 34.4 Å². The van der Waals surface area contributed by atoms with Crippen molar-refractivity contribution in [3.63, 3.8) is 0 Å². The number of nitrogens with zero attached hydrogens (tertiary/aromatic N) is 6. The van der Waals surface area contributed by atoms with Crippen molar-refractivity contribution in [3.05, 3.63) is 53.0 Å². The van der Waals surface area contributed by atoms with Gasteiger partial charge in [-0.25, -0.2) is 9.50 Å². The molecule has 0 amide bonds. The lowest BCUT2D eigenvalue weighted by Gasteiger charge is -2.32. The maximum Gasteiger partial charge on any atom is 0.159 e. The van der Waals surface area contributed by atoms with Gasteiger partial charge < -0.3 is 4.74 Å². The van der Waals surface area contributed by atoms with E-state index in [1.54, 1.807) is 6.20 Å². The largest absolute Gasteiger partial charge is 0.369 e. The average molecular weight is 338 g/mol. The first-order valence-corrected chi connectivity index (χ1v) is 8.53. The Hall–Kier alpha value is -2.38. The molecule has 25 heavy (non-hydrogen) atoms. The molecule has 0 unspecified atom stereocenters. The van der Waals surface area contributed by atoms with Gasteiger partial charge in [-0.1, -0.05) is 0 Å². The van der Waals surface area contributed by atoms with E-state index in [1.165, 1.54) is 0 Å². The van der Waals surface area contributed by atoms with Crippen molar-refractivity contribution in [2.75, 3.05) is 19.7 Å². The number of morpholine rings is 1. The van der Waals surface area contributed by atoms with Crippen LogP contribution in [0.15, 0.2) is 24.7 Å². The topological polar surface area (TPSA) is 68.4 Å². The molecule has 1 saturated heterocycles. The number of ether oxygens (including phenoxy) is 1. The molecule has 0 N–H and O–H groups in total. The van der Waals surface area contributed by atoms with Crippen molar-refractivity contribution in [2.45, 2.75) is 33.4 Å². The Labute approximate surface area is 146 Å². The maximum atomic E-state index is 5.90. The minimum absolute atomic E-state index is 0.0416. The molecule has 0 saturated carbocycles. The van der Waals surface area contributed by atoms with Crippen molar-refractivity contribution in [1.82, 2.24) is 29.5 Å². The summed E-state index contributed by atoms with van der Waals surface area (Å²) in [5.41, 5.74) is 6.00. The van der Waals surface area contributed by atoms with E-state index in [0.29, 0.717) is 6.61 Å². The number of hydrogen-bond donors (Lipinski definition) is 0. The van der Waals surface area contributed by atoms with E-state index in [2.05, 4.69) is 31.9 Å². The van der Waals surface area contributed by atoms with Crippen LogP contribution in [0, 0.1) is 20.8 Å². The summed E-state index contributed by atoms with van der Waals surface area (Å²) in [6, 6.07) is 2.05. The van der Waals surface area contributed by atoms with Crippen LogP contribution in [0.5, 0.6) is 0 Å². The summed E-state index contributed by atoms with van der Waals surface area (Å²) < 4.78 is 7.81. The monoisotopic (exact) mass is 338 g/mol. The van der Waals surface area contributed by atoms with Crippen LogP contribution in [0.25, 0.3) is 5.65 Å². The fourth-order valence-electron chi connectivity index (χ4n) is 3.26. The Bertz CT molecular complexity index is 888. The Balaban J connectivity index is 1.54. The molecule has 7 nitrogen and oxygen atoms in total.